The molecular weight excluding hydrogens is 483 g/mol. The van der Waals surface area contributed by atoms with Crippen LogP contribution in [-0.4, -0.2) is 49.7 Å². The Morgan fingerprint density at radius 1 is 1.06 bits per heavy atom. The first-order valence-corrected chi connectivity index (χ1v) is 13.8. The van der Waals surface area contributed by atoms with E-state index >= 15 is 0 Å². The molecule has 2 N–H and O–H groups in total. The number of aryl methyl sites for hydroxylation is 1. The van der Waals surface area contributed by atoms with Crippen LogP contribution in [-0.2, 0) is 19.8 Å². The molecule has 1 unspecified atom stereocenters. The minimum Gasteiger partial charge on any atom is -0.351 e. The third-order valence-electron chi connectivity index (χ3n) is 6.71. The number of amides is 2. The smallest absolute Gasteiger partial charge is 0.280 e. The van der Waals surface area contributed by atoms with E-state index in [1.54, 1.807) is 18.2 Å². The molecule has 0 spiro atoms. The minimum atomic E-state index is -3.84. The molecule has 0 bridgehead atoms. The Hall–Kier alpha value is -2.82. The van der Waals surface area contributed by atoms with E-state index < -0.39 is 34.0 Å². The molecule has 1 heterocycles. The monoisotopic (exact) mass is 516 g/mol. The number of hydrogen-bond donors (Lipinski definition) is 2. The summed E-state index contributed by atoms with van der Waals surface area (Å²) in [5, 5.41) is 3.11. The van der Waals surface area contributed by atoms with Gasteiger partial charge in [-0.25, -0.2) is 4.39 Å². The molecule has 2 amide bonds. The summed E-state index contributed by atoms with van der Waals surface area (Å²) in [6.07, 6.45) is 4.86. The maximum absolute atomic E-state index is 14.3. The van der Waals surface area contributed by atoms with Crippen LogP contribution in [0.4, 0.5) is 10.1 Å². The van der Waals surface area contributed by atoms with Crippen LogP contribution in [0.25, 0.3) is 0 Å². The van der Waals surface area contributed by atoms with Crippen molar-refractivity contribution in [2.24, 2.45) is 0 Å². The first-order chi connectivity index (χ1) is 17.2. The van der Waals surface area contributed by atoms with Gasteiger partial charge in [0.25, 0.3) is 10.2 Å². The molecule has 1 aliphatic carbocycles. The highest BCUT2D eigenvalue weighted by Gasteiger charge is 2.39. The molecule has 10 heteroatoms. The van der Waals surface area contributed by atoms with Crippen molar-refractivity contribution in [2.75, 3.05) is 18.0 Å². The Morgan fingerprint density at radius 3 is 2.39 bits per heavy atom. The summed E-state index contributed by atoms with van der Waals surface area (Å²) in [6.45, 7) is 4.06. The lowest BCUT2D eigenvalue weighted by Crippen LogP contribution is -2.53. The zero-order valence-electron chi connectivity index (χ0n) is 20.6. The topological polar surface area (TPSA) is 98.6 Å². The highest BCUT2D eigenvalue weighted by molar-refractivity contribution is 7.87. The van der Waals surface area contributed by atoms with Crippen molar-refractivity contribution in [3.63, 3.8) is 0 Å². The molecule has 2 aromatic carbocycles. The second kappa shape index (κ2) is 11.1. The van der Waals surface area contributed by atoms with Crippen LogP contribution in [0.3, 0.4) is 0 Å². The molecule has 2 aliphatic rings. The summed E-state index contributed by atoms with van der Waals surface area (Å²) in [4.78, 5) is 28.9. The van der Waals surface area contributed by atoms with Gasteiger partial charge in [-0.1, -0.05) is 49.6 Å². The van der Waals surface area contributed by atoms with Crippen molar-refractivity contribution in [1.29, 1.82) is 0 Å². The maximum Gasteiger partial charge on any atom is 0.280 e. The van der Waals surface area contributed by atoms with Crippen molar-refractivity contribution in [2.45, 2.75) is 64.1 Å². The van der Waals surface area contributed by atoms with Crippen LogP contribution in [0.5, 0.6) is 0 Å². The van der Waals surface area contributed by atoms with Gasteiger partial charge < -0.3 is 5.32 Å². The number of hydrogen-bond acceptors (Lipinski definition) is 4. The third kappa shape index (κ3) is 6.11. The fourth-order valence-electron chi connectivity index (χ4n) is 4.69. The van der Waals surface area contributed by atoms with Gasteiger partial charge in [0.05, 0.1) is 6.04 Å². The molecule has 1 saturated heterocycles. The Kier molecular flexibility index (Phi) is 8.07. The van der Waals surface area contributed by atoms with E-state index in [0.717, 1.165) is 37.7 Å². The molecule has 2 fully saturated rings. The second-order valence-electron chi connectivity index (χ2n) is 9.53. The van der Waals surface area contributed by atoms with Crippen LogP contribution in [0.1, 0.15) is 56.2 Å². The number of carbonyl (C=O) groups is 2. The summed E-state index contributed by atoms with van der Waals surface area (Å²) in [7, 11) is -3.84. The van der Waals surface area contributed by atoms with Crippen LogP contribution in [0.2, 0.25) is 0 Å². The normalized spacial score (nSPS) is 18.3. The number of nitrogens with zero attached hydrogens (tertiary/aromatic N) is 2. The summed E-state index contributed by atoms with van der Waals surface area (Å²) in [5.74, 6) is -1.60. The lowest BCUT2D eigenvalue weighted by atomic mass is 9.93. The summed E-state index contributed by atoms with van der Waals surface area (Å²) >= 11 is 0. The molecule has 0 radical (unpaired) electrons. The van der Waals surface area contributed by atoms with E-state index in [1.807, 2.05) is 19.1 Å². The molecule has 0 aromatic heterocycles. The third-order valence-corrected chi connectivity index (χ3v) is 8.40. The van der Waals surface area contributed by atoms with Crippen LogP contribution >= 0.6 is 0 Å². The van der Waals surface area contributed by atoms with Crippen molar-refractivity contribution in [3.05, 3.63) is 65.5 Å². The van der Waals surface area contributed by atoms with Gasteiger partial charge in [0.15, 0.2) is 0 Å². The van der Waals surface area contributed by atoms with Gasteiger partial charge in [-0.3, -0.25) is 14.5 Å². The first-order valence-electron chi connectivity index (χ1n) is 12.4. The summed E-state index contributed by atoms with van der Waals surface area (Å²) in [5.41, 5.74) is 1.54. The fraction of sp³-hybridized carbons (Fsp3) is 0.462. The highest BCUT2D eigenvalue weighted by atomic mass is 32.2. The number of carbonyl (C=O) groups excluding carboxylic acids is 2. The quantitative estimate of drug-likeness (QED) is 0.500. The van der Waals surface area contributed by atoms with Gasteiger partial charge in [0.2, 0.25) is 11.8 Å². The van der Waals surface area contributed by atoms with Crippen LogP contribution in [0.15, 0.2) is 48.5 Å². The van der Waals surface area contributed by atoms with Crippen molar-refractivity contribution in [1.82, 2.24) is 14.3 Å². The summed E-state index contributed by atoms with van der Waals surface area (Å²) in [6, 6.07) is 10.4. The summed E-state index contributed by atoms with van der Waals surface area (Å²) < 4.78 is 43.0. The van der Waals surface area contributed by atoms with Gasteiger partial charge in [-0.15, -0.1) is 0 Å². The number of halogens is 1. The Labute approximate surface area is 212 Å². The number of benzene rings is 2. The van der Waals surface area contributed by atoms with E-state index in [9.17, 15) is 22.4 Å². The Bertz CT molecular complexity index is 1210. The van der Waals surface area contributed by atoms with Gasteiger partial charge in [0, 0.05) is 24.8 Å². The van der Waals surface area contributed by atoms with Crippen molar-refractivity contribution in [3.8, 4) is 0 Å². The van der Waals surface area contributed by atoms with Crippen LogP contribution in [0, 0.1) is 12.7 Å². The average molecular weight is 517 g/mol. The van der Waals surface area contributed by atoms with E-state index in [4.69, 9.17) is 0 Å². The molecule has 2 atom stereocenters. The van der Waals surface area contributed by atoms with Crippen molar-refractivity contribution >= 4 is 27.7 Å². The Morgan fingerprint density at radius 2 is 1.75 bits per heavy atom. The molecule has 1 saturated carbocycles. The molecule has 1 aliphatic heterocycles. The molecule has 2 aromatic rings. The number of anilines is 1. The number of nitrogens with one attached hydrogen (secondary N) is 2. The van der Waals surface area contributed by atoms with E-state index in [-0.39, 0.29) is 17.6 Å². The van der Waals surface area contributed by atoms with E-state index in [0.29, 0.717) is 18.7 Å². The minimum absolute atomic E-state index is 0.0131. The van der Waals surface area contributed by atoms with Gasteiger partial charge >= 0.3 is 0 Å². The highest BCUT2D eigenvalue weighted by Crippen LogP contribution is 2.32. The lowest BCUT2D eigenvalue weighted by Gasteiger charge is -2.35. The van der Waals surface area contributed by atoms with E-state index in [1.165, 1.54) is 34.3 Å². The zero-order valence-corrected chi connectivity index (χ0v) is 21.4. The fourth-order valence-corrected chi connectivity index (χ4v) is 5.94. The Balaban J connectivity index is 1.75. The maximum atomic E-state index is 14.3. The molecule has 36 heavy (non-hydrogen) atoms. The lowest BCUT2D eigenvalue weighted by molar-refractivity contribution is -0.127. The zero-order chi connectivity index (χ0) is 25.9. The largest absolute Gasteiger partial charge is 0.351 e. The average Bonchev–Trinajstić information content (AvgIpc) is 3.69. The van der Waals surface area contributed by atoms with Crippen molar-refractivity contribution < 1.29 is 22.4 Å². The number of rotatable bonds is 9. The predicted molar refractivity (Wildman–Crippen MR) is 136 cm³/mol. The van der Waals surface area contributed by atoms with Gasteiger partial charge in [-0.05, 0) is 56.0 Å². The van der Waals surface area contributed by atoms with Gasteiger partial charge in [-0.2, -0.15) is 17.4 Å². The van der Waals surface area contributed by atoms with Crippen LogP contribution < -0.4 is 14.9 Å². The molecule has 8 nitrogen and oxygen atoms in total. The van der Waals surface area contributed by atoms with E-state index in [2.05, 4.69) is 10.0 Å². The standard InChI is InChI=1S/C26H33FN4O4S/c1-18-9-6-7-14-23(18)24(25(32)28-21-11-4-3-5-12-21)31(22-13-8-10-20(27)17-22)26(33)19(2)29-36(34,35)30-15-16-30/h6-10,13-14,17,19,21,24,29H,3-5,11-12,15-16H2,1-2H3,(H,28,32)/t19-,24?/m1/s1. The molecule has 194 valence electrons. The first kappa shape index (κ1) is 26.2. The molecular formula is C26H33FN4O4S. The SMILES string of the molecule is Cc1ccccc1C(C(=O)NC1CCCCC1)N(C(=O)[C@@H](C)NS(=O)(=O)N1CC1)c1cccc(F)c1. The second-order valence-corrected chi connectivity index (χ2v) is 11.2. The molecule has 4 rings (SSSR count). The predicted octanol–water partition coefficient (Wildman–Crippen LogP) is 3.20. The van der Waals surface area contributed by atoms with Gasteiger partial charge in [0.1, 0.15) is 11.9 Å².